The highest BCUT2D eigenvalue weighted by molar-refractivity contribution is 5.88. The smallest absolute Gasteiger partial charge is 0.384 e. The molecule has 0 heterocycles. The summed E-state index contributed by atoms with van der Waals surface area (Å²) in [5.74, 6) is 4.98. The van der Waals surface area contributed by atoms with Crippen molar-refractivity contribution in [1.82, 2.24) is 0 Å². The first-order valence-electron chi connectivity index (χ1n) is 9.76. The van der Waals surface area contributed by atoms with Gasteiger partial charge < -0.3 is 4.74 Å². The Morgan fingerprint density at radius 2 is 1.46 bits per heavy atom. The third-order valence-corrected chi connectivity index (χ3v) is 3.72. The zero-order valence-electron chi connectivity index (χ0n) is 15.8. The summed E-state index contributed by atoms with van der Waals surface area (Å²) in [5.41, 5.74) is 0. The van der Waals surface area contributed by atoms with Gasteiger partial charge in [-0.15, -0.1) is 0 Å². The average Bonchev–Trinajstić information content (AvgIpc) is 2.58. The van der Waals surface area contributed by atoms with Gasteiger partial charge in [-0.2, -0.15) is 0 Å². The van der Waals surface area contributed by atoms with Gasteiger partial charge in [0.15, 0.2) is 0 Å². The summed E-state index contributed by atoms with van der Waals surface area (Å²) in [6, 6.07) is 0. The second kappa shape index (κ2) is 19.6. The first-order valence-corrected chi connectivity index (χ1v) is 9.76. The summed E-state index contributed by atoms with van der Waals surface area (Å²) in [6.45, 7) is 4.43. The summed E-state index contributed by atoms with van der Waals surface area (Å²) in [5, 5.41) is 0. The molecule has 0 aliphatic heterocycles. The van der Waals surface area contributed by atoms with Gasteiger partial charge in [-0.25, -0.2) is 4.79 Å². The van der Waals surface area contributed by atoms with Crippen molar-refractivity contribution in [3.8, 4) is 11.8 Å². The predicted molar refractivity (Wildman–Crippen MR) is 104 cm³/mol. The van der Waals surface area contributed by atoms with Crippen LogP contribution in [0.4, 0.5) is 0 Å². The van der Waals surface area contributed by atoms with Crippen molar-refractivity contribution in [2.75, 3.05) is 6.61 Å². The third kappa shape index (κ3) is 18.6. The van der Waals surface area contributed by atoms with Crippen molar-refractivity contribution in [3.05, 3.63) is 24.3 Å². The molecule has 0 aromatic carbocycles. The van der Waals surface area contributed by atoms with E-state index in [2.05, 4.69) is 43.1 Å². The Morgan fingerprint density at radius 1 is 0.833 bits per heavy atom. The lowest BCUT2D eigenvalue weighted by Crippen LogP contribution is -1.99. The van der Waals surface area contributed by atoms with E-state index in [-0.39, 0.29) is 0 Å². The molecule has 0 fully saturated rings. The van der Waals surface area contributed by atoms with Crippen LogP contribution < -0.4 is 0 Å². The summed E-state index contributed by atoms with van der Waals surface area (Å²) in [6.07, 6.45) is 23.5. The Bertz CT molecular complexity index is 396. The molecule has 0 aromatic heterocycles. The van der Waals surface area contributed by atoms with E-state index in [1.54, 1.807) is 6.92 Å². The van der Waals surface area contributed by atoms with Crippen LogP contribution >= 0.6 is 0 Å². The molecule has 2 heteroatoms. The van der Waals surface area contributed by atoms with Crippen LogP contribution in [0.5, 0.6) is 0 Å². The molecule has 0 saturated heterocycles. The molecule has 2 nitrogen and oxygen atoms in total. The standard InChI is InChI=1S/C22H36O2/c1-3-5-6-7-8-9-10-11-12-13-14-15-16-17-18-19-20-21-22(23)24-4-2/h8-9,11-12H,3-7,10,13-19H2,1-2H3. The van der Waals surface area contributed by atoms with Gasteiger partial charge in [0.25, 0.3) is 0 Å². The molecular formula is C22H36O2. The van der Waals surface area contributed by atoms with E-state index in [4.69, 9.17) is 4.74 Å². The minimum atomic E-state index is -0.403. The zero-order valence-corrected chi connectivity index (χ0v) is 15.8. The molecule has 0 amide bonds. The minimum Gasteiger partial charge on any atom is -0.456 e. The number of rotatable bonds is 14. The molecule has 0 rings (SSSR count). The largest absolute Gasteiger partial charge is 0.456 e. The van der Waals surface area contributed by atoms with Crippen LogP contribution in [0.3, 0.4) is 0 Å². The van der Waals surface area contributed by atoms with Gasteiger partial charge in [0, 0.05) is 12.3 Å². The number of esters is 1. The second-order valence-corrected chi connectivity index (χ2v) is 6.00. The number of carbonyl (C=O) groups is 1. The van der Waals surface area contributed by atoms with Crippen LogP contribution in [0.2, 0.25) is 0 Å². The Labute approximate surface area is 149 Å². The highest BCUT2D eigenvalue weighted by Gasteiger charge is 1.92. The van der Waals surface area contributed by atoms with E-state index >= 15 is 0 Å². The molecule has 24 heavy (non-hydrogen) atoms. The zero-order chi connectivity index (χ0) is 17.7. The number of ether oxygens (including phenoxy) is 1. The highest BCUT2D eigenvalue weighted by atomic mass is 16.5. The number of allylic oxidation sites excluding steroid dienone is 4. The number of carbonyl (C=O) groups excluding carboxylic acids is 1. The maximum atomic E-state index is 11.0. The first-order chi connectivity index (χ1) is 11.8. The van der Waals surface area contributed by atoms with Crippen LogP contribution in [0.15, 0.2) is 24.3 Å². The number of unbranched alkanes of at least 4 members (excludes halogenated alkanes) is 9. The van der Waals surface area contributed by atoms with Crippen molar-refractivity contribution in [2.45, 2.75) is 90.9 Å². The lowest BCUT2D eigenvalue weighted by atomic mass is 10.1. The topological polar surface area (TPSA) is 26.3 Å². The Balaban J connectivity index is 3.30. The molecular weight excluding hydrogens is 296 g/mol. The van der Waals surface area contributed by atoms with Gasteiger partial charge in [-0.3, -0.25) is 0 Å². The second-order valence-electron chi connectivity index (χ2n) is 6.00. The summed E-state index contributed by atoms with van der Waals surface area (Å²) < 4.78 is 4.75. The fourth-order valence-electron chi connectivity index (χ4n) is 2.33. The van der Waals surface area contributed by atoms with Crippen LogP contribution in [-0.4, -0.2) is 12.6 Å². The molecule has 0 aliphatic rings. The normalized spacial score (nSPS) is 10.9. The number of hydrogen-bond donors (Lipinski definition) is 0. The molecule has 0 spiro atoms. The van der Waals surface area contributed by atoms with Gasteiger partial charge >= 0.3 is 5.97 Å². The van der Waals surface area contributed by atoms with Gasteiger partial charge in [0.1, 0.15) is 0 Å². The monoisotopic (exact) mass is 332 g/mol. The molecule has 0 bridgehead atoms. The fourth-order valence-corrected chi connectivity index (χ4v) is 2.33. The first kappa shape index (κ1) is 22.5. The molecule has 0 atom stereocenters. The molecule has 0 N–H and O–H groups in total. The van der Waals surface area contributed by atoms with E-state index in [0.717, 1.165) is 19.3 Å². The van der Waals surface area contributed by atoms with E-state index in [9.17, 15) is 4.79 Å². The lowest BCUT2D eigenvalue weighted by Gasteiger charge is -1.97. The molecule has 0 unspecified atom stereocenters. The van der Waals surface area contributed by atoms with Crippen LogP contribution in [0, 0.1) is 11.8 Å². The summed E-state index contributed by atoms with van der Waals surface area (Å²) in [4.78, 5) is 11.0. The van der Waals surface area contributed by atoms with Crippen molar-refractivity contribution >= 4 is 5.97 Å². The fraction of sp³-hybridized carbons (Fsp3) is 0.682. The SMILES string of the molecule is CCCCCC=CCC=CCCCCCCCC#CC(=O)OCC. The average molecular weight is 333 g/mol. The molecule has 0 aromatic rings. The van der Waals surface area contributed by atoms with E-state index in [1.807, 2.05) is 0 Å². The maximum absolute atomic E-state index is 11.0. The van der Waals surface area contributed by atoms with Gasteiger partial charge in [0.05, 0.1) is 6.61 Å². The Kier molecular flexibility index (Phi) is 18.3. The Hall–Kier alpha value is -1.49. The summed E-state index contributed by atoms with van der Waals surface area (Å²) >= 11 is 0. The van der Waals surface area contributed by atoms with Gasteiger partial charge in [-0.1, -0.05) is 69.3 Å². The van der Waals surface area contributed by atoms with E-state index < -0.39 is 5.97 Å². The number of hydrogen-bond acceptors (Lipinski definition) is 2. The summed E-state index contributed by atoms with van der Waals surface area (Å²) in [7, 11) is 0. The highest BCUT2D eigenvalue weighted by Crippen LogP contribution is 2.07. The van der Waals surface area contributed by atoms with E-state index in [1.165, 1.54) is 57.8 Å². The molecule has 0 saturated carbocycles. The van der Waals surface area contributed by atoms with E-state index in [0.29, 0.717) is 6.61 Å². The maximum Gasteiger partial charge on any atom is 0.384 e. The third-order valence-electron chi connectivity index (χ3n) is 3.72. The van der Waals surface area contributed by atoms with Crippen LogP contribution in [0.1, 0.15) is 90.9 Å². The lowest BCUT2D eigenvalue weighted by molar-refractivity contribution is -0.136. The van der Waals surface area contributed by atoms with Crippen molar-refractivity contribution in [2.24, 2.45) is 0 Å². The van der Waals surface area contributed by atoms with Crippen LogP contribution in [-0.2, 0) is 9.53 Å². The molecule has 0 radical (unpaired) electrons. The van der Waals surface area contributed by atoms with Gasteiger partial charge in [-0.05, 0) is 45.4 Å². The van der Waals surface area contributed by atoms with Crippen molar-refractivity contribution < 1.29 is 9.53 Å². The molecule has 136 valence electrons. The van der Waals surface area contributed by atoms with Crippen molar-refractivity contribution in [3.63, 3.8) is 0 Å². The predicted octanol–water partition coefficient (Wildman–Crippen LogP) is 6.37. The van der Waals surface area contributed by atoms with Gasteiger partial charge in [0.2, 0.25) is 0 Å². The quantitative estimate of drug-likeness (QED) is 0.121. The van der Waals surface area contributed by atoms with Crippen LogP contribution in [0.25, 0.3) is 0 Å². The Morgan fingerprint density at radius 3 is 2.12 bits per heavy atom. The molecule has 0 aliphatic carbocycles. The minimum absolute atomic E-state index is 0.400. The van der Waals surface area contributed by atoms with Crippen molar-refractivity contribution in [1.29, 1.82) is 0 Å².